The molecule has 0 saturated carbocycles. The summed E-state index contributed by atoms with van der Waals surface area (Å²) in [5.74, 6) is 0.786. The molecule has 3 rings (SSSR count). The molecule has 0 aliphatic carbocycles. The highest BCUT2D eigenvalue weighted by Gasteiger charge is 2.24. The first kappa shape index (κ1) is 14.6. The molecule has 0 bridgehead atoms. The van der Waals surface area contributed by atoms with Crippen molar-refractivity contribution in [2.24, 2.45) is 5.92 Å². The molecule has 1 atom stereocenters. The van der Waals surface area contributed by atoms with Crippen molar-refractivity contribution >= 4 is 5.91 Å². The quantitative estimate of drug-likeness (QED) is 0.901. The van der Waals surface area contributed by atoms with Crippen LogP contribution in [0.3, 0.4) is 0 Å². The van der Waals surface area contributed by atoms with Crippen LogP contribution in [0.1, 0.15) is 17.7 Å². The first-order valence-corrected chi connectivity index (χ1v) is 7.54. The summed E-state index contributed by atoms with van der Waals surface area (Å²) in [6.07, 6.45) is 5.82. The van der Waals surface area contributed by atoms with Crippen LogP contribution in [0.5, 0.6) is 5.88 Å². The lowest BCUT2D eigenvalue weighted by Gasteiger charge is -2.22. The van der Waals surface area contributed by atoms with E-state index in [9.17, 15) is 4.79 Å². The van der Waals surface area contributed by atoms with Gasteiger partial charge in [0.15, 0.2) is 0 Å². The molecular weight excluding hydrogens is 280 g/mol. The highest BCUT2D eigenvalue weighted by Crippen LogP contribution is 2.19. The Morgan fingerprint density at radius 2 is 2.36 bits per heavy atom. The molecule has 3 heterocycles. The topological polar surface area (TPSA) is 69.0 Å². The van der Waals surface area contributed by atoms with Gasteiger partial charge in [0.25, 0.3) is 0 Å². The van der Waals surface area contributed by atoms with Crippen molar-refractivity contribution in [3.63, 3.8) is 0 Å². The van der Waals surface area contributed by atoms with E-state index in [1.54, 1.807) is 19.5 Å². The highest BCUT2D eigenvalue weighted by molar-refractivity contribution is 5.79. The van der Waals surface area contributed by atoms with Crippen molar-refractivity contribution in [1.82, 2.24) is 20.1 Å². The minimum atomic E-state index is 0.0417. The maximum Gasteiger partial charge on any atom is 0.223 e. The van der Waals surface area contributed by atoms with E-state index in [-0.39, 0.29) is 11.8 Å². The predicted octanol–water partition coefficient (Wildman–Crippen LogP) is 1.21. The Morgan fingerprint density at radius 3 is 3.23 bits per heavy atom. The van der Waals surface area contributed by atoms with Gasteiger partial charge >= 0.3 is 0 Å². The summed E-state index contributed by atoms with van der Waals surface area (Å²) in [6.45, 7) is 1.41. The van der Waals surface area contributed by atoms with Gasteiger partial charge in [-0.25, -0.2) is 4.98 Å². The Balaban J connectivity index is 1.51. The number of carbonyl (C=O) groups excluding carboxylic acids is 1. The van der Waals surface area contributed by atoms with E-state index >= 15 is 0 Å². The largest absolute Gasteiger partial charge is 0.481 e. The van der Waals surface area contributed by atoms with Crippen molar-refractivity contribution in [2.45, 2.75) is 25.8 Å². The maximum atomic E-state index is 12.3. The lowest BCUT2D eigenvalue weighted by Crippen LogP contribution is -2.36. The van der Waals surface area contributed by atoms with Crippen LogP contribution >= 0.6 is 0 Å². The van der Waals surface area contributed by atoms with Crippen molar-refractivity contribution < 1.29 is 9.53 Å². The number of hydrogen-bond donors (Lipinski definition) is 1. The van der Waals surface area contributed by atoms with Gasteiger partial charge in [0.1, 0.15) is 0 Å². The van der Waals surface area contributed by atoms with E-state index in [1.807, 2.05) is 22.9 Å². The number of nitrogens with one attached hydrogen (secondary N) is 1. The van der Waals surface area contributed by atoms with Crippen molar-refractivity contribution in [2.75, 3.05) is 13.7 Å². The number of aromatic nitrogens is 3. The molecule has 1 N–H and O–H groups in total. The summed E-state index contributed by atoms with van der Waals surface area (Å²) >= 11 is 0. The molecule has 2 aromatic rings. The fourth-order valence-corrected chi connectivity index (χ4v) is 2.85. The highest BCUT2D eigenvalue weighted by atomic mass is 16.5. The molecule has 6 heteroatoms. The third kappa shape index (κ3) is 3.10. The van der Waals surface area contributed by atoms with Crippen LogP contribution in [0.2, 0.25) is 0 Å². The molecule has 0 fully saturated rings. The Hall–Kier alpha value is -2.37. The Labute approximate surface area is 129 Å². The zero-order valence-electron chi connectivity index (χ0n) is 12.7. The van der Waals surface area contributed by atoms with Gasteiger partial charge < -0.3 is 10.1 Å². The minimum absolute atomic E-state index is 0.0417. The van der Waals surface area contributed by atoms with Crippen LogP contribution in [0, 0.1) is 5.92 Å². The van der Waals surface area contributed by atoms with Gasteiger partial charge in [-0.2, -0.15) is 5.10 Å². The average Bonchev–Trinajstić information content (AvgIpc) is 3.02. The predicted molar refractivity (Wildman–Crippen MR) is 81.5 cm³/mol. The second kappa shape index (κ2) is 6.60. The fourth-order valence-electron chi connectivity index (χ4n) is 2.85. The van der Waals surface area contributed by atoms with Gasteiger partial charge in [0, 0.05) is 49.1 Å². The van der Waals surface area contributed by atoms with E-state index in [1.165, 1.54) is 0 Å². The van der Waals surface area contributed by atoms with E-state index < -0.39 is 0 Å². The summed E-state index contributed by atoms with van der Waals surface area (Å²) in [6, 6.07) is 5.83. The van der Waals surface area contributed by atoms with Crippen LogP contribution < -0.4 is 10.1 Å². The number of fused-ring (bicyclic) bond motifs is 1. The summed E-state index contributed by atoms with van der Waals surface area (Å²) < 4.78 is 7.19. The third-order valence-corrected chi connectivity index (χ3v) is 4.06. The number of ether oxygens (including phenoxy) is 1. The molecule has 0 saturated heterocycles. The zero-order chi connectivity index (χ0) is 15.4. The van der Waals surface area contributed by atoms with Crippen molar-refractivity contribution in [3.8, 4) is 5.88 Å². The van der Waals surface area contributed by atoms with Gasteiger partial charge in [-0.1, -0.05) is 6.07 Å². The summed E-state index contributed by atoms with van der Waals surface area (Å²) in [5.41, 5.74) is 2.15. The molecule has 0 radical (unpaired) electrons. The standard InChI is InChI=1S/C16H20N4O2/c1-22-16-12(3-2-7-18-16)4-8-17-15(21)13-6-10-20-14(11-13)5-9-19-20/h2-3,5,7,9,13H,4,6,8,10-11H2,1H3,(H,17,21). The number of methoxy groups -OCH3 is 1. The smallest absolute Gasteiger partial charge is 0.223 e. The van der Waals surface area contributed by atoms with Crippen LogP contribution in [-0.4, -0.2) is 34.3 Å². The number of nitrogens with zero attached hydrogens (tertiary/aromatic N) is 3. The molecule has 116 valence electrons. The number of aryl methyl sites for hydroxylation is 1. The van der Waals surface area contributed by atoms with Gasteiger partial charge in [0.2, 0.25) is 11.8 Å². The lowest BCUT2D eigenvalue weighted by atomic mass is 9.95. The summed E-state index contributed by atoms with van der Waals surface area (Å²) in [4.78, 5) is 16.4. The minimum Gasteiger partial charge on any atom is -0.481 e. The number of rotatable bonds is 5. The molecule has 2 aromatic heterocycles. The van der Waals surface area contributed by atoms with E-state index in [4.69, 9.17) is 4.74 Å². The Bertz CT molecular complexity index is 653. The second-order valence-electron chi connectivity index (χ2n) is 5.45. The summed E-state index contributed by atoms with van der Waals surface area (Å²) in [5, 5.41) is 7.26. The first-order chi connectivity index (χ1) is 10.8. The van der Waals surface area contributed by atoms with Gasteiger partial charge in [-0.15, -0.1) is 0 Å². The molecule has 1 unspecified atom stereocenters. The number of pyridine rings is 1. The molecule has 6 nitrogen and oxygen atoms in total. The monoisotopic (exact) mass is 300 g/mol. The van der Waals surface area contributed by atoms with Crippen LogP contribution in [0.15, 0.2) is 30.6 Å². The molecule has 22 heavy (non-hydrogen) atoms. The number of hydrogen-bond acceptors (Lipinski definition) is 4. The number of amides is 1. The maximum absolute atomic E-state index is 12.3. The lowest BCUT2D eigenvalue weighted by molar-refractivity contribution is -0.125. The fraction of sp³-hybridized carbons (Fsp3) is 0.438. The van der Waals surface area contributed by atoms with Gasteiger partial charge in [-0.3, -0.25) is 9.48 Å². The second-order valence-corrected chi connectivity index (χ2v) is 5.45. The van der Waals surface area contributed by atoms with Gasteiger partial charge in [-0.05, 0) is 25.0 Å². The van der Waals surface area contributed by atoms with Gasteiger partial charge in [0.05, 0.1) is 7.11 Å². The molecule has 0 spiro atoms. The Kier molecular flexibility index (Phi) is 4.37. The molecule has 1 aliphatic rings. The summed E-state index contributed by atoms with van der Waals surface area (Å²) in [7, 11) is 1.61. The van der Waals surface area contributed by atoms with Crippen LogP contribution in [-0.2, 0) is 24.2 Å². The normalized spacial score (nSPS) is 16.9. The Morgan fingerprint density at radius 1 is 1.45 bits per heavy atom. The van der Waals surface area contributed by atoms with E-state index in [2.05, 4.69) is 15.4 Å². The SMILES string of the molecule is COc1ncccc1CCNC(=O)C1CCn2nccc2C1. The third-order valence-electron chi connectivity index (χ3n) is 4.06. The first-order valence-electron chi connectivity index (χ1n) is 7.54. The van der Waals surface area contributed by atoms with Crippen molar-refractivity contribution in [1.29, 1.82) is 0 Å². The molecule has 1 amide bonds. The molecule has 1 aliphatic heterocycles. The molecular formula is C16H20N4O2. The van der Waals surface area contributed by atoms with Crippen LogP contribution in [0.4, 0.5) is 0 Å². The zero-order valence-corrected chi connectivity index (χ0v) is 12.7. The van der Waals surface area contributed by atoms with E-state index in [0.717, 1.165) is 30.6 Å². The molecule has 0 aromatic carbocycles. The number of carbonyl (C=O) groups is 1. The van der Waals surface area contributed by atoms with E-state index in [0.29, 0.717) is 18.8 Å². The van der Waals surface area contributed by atoms with Crippen molar-refractivity contribution in [3.05, 3.63) is 41.9 Å². The van der Waals surface area contributed by atoms with Crippen LogP contribution in [0.25, 0.3) is 0 Å². The average molecular weight is 300 g/mol.